The van der Waals surface area contributed by atoms with Gasteiger partial charge in [-0.3, -0.25) is 9.59 Å². The summed E-state index contributed by atoms with van der Waals surface area (Å²) >= 11 is 12.7. The molecule has 1 N–H and O–H groups in total. The van der Waals surface area contributed by atoms with Crippen LogP contribution in [0.3, 0.4) is 0 Å². The van der Waals surface area contributed by atoms with Gasteiger partial charge in [0.15, 0.2) is 23.0 Å². The Hall–Kier alpha value is -3.14. The van der Waals surface area contributed by atoms with Gasteiger partial charge in [0, 0.05) is 13.7 Å². The number of methoxy groups -OCH3 is 3. The molecule has 0 aliphatic carbocycles. The molecule has 2 aromatic rings. The minimum atomic E-state index is -0.940. The van der Waals surface area contributed by atoms with E-state index in [-0.39, 0.29) is 45.8 Å². The van der Waals surface area contributed by atoms with Crippen LogP contribution in [0.15, 0.2) is 29.8 Å². The molecule has 11 heteroatoms. The number of hydrogen-bond acceptors (Lipinski definition) is 8. The summed E-state index contributed by atoms with van der Waals surface area (Å²) < 4.78 is 27.0. The molecule has 9 nitrogen and oxygen atoms in total. The Labute approximate surface area is 211 Å². The standard InChI is InChI=1S/C24H23Cl2NO8/c1-31-7-6-27-19(12-4-5-15-16(10-12)35-9-8-34-15)17(21(29)24(27)30)20(28)13-11-14(25)23(33-3)18(26)22(13)32-2/h4-5,10-11,19,28H,6-9H2,1-3H3/b20-17+. The molecule has 0 spiro atoms. The number of benzene rings is 2. The summed E-state index contributed by atoms with van der Waals surface area (Å²) in [5.41, 5.74) is 0.421. The van der Waals surface area contributed by atoms with Crippen molar-refractivity contribution in [2.24, 2.45) is 0 Å². The number of halogens is 2. The predicted octanol–water partition coefficient (Wildman–Crippen LogP) is 3.85. The number of Topliss-reactive ketones (excluding diaryl/α,β-unsaturated/α-hetero) is 1. The zero-order valence-electron chi connectivity index (χ0n) is 19.2. The number of aliphatic hydroxyl groups is 1. The quantitative estimate of drug-likeness (QED) is 0.331. The van der Waals surface area contributed by atoms with Crippen LogP contribution >= 0.6 is 23.2 Å². The Bertz CT molecular complexity index is 1210. The Morgan fingerprint density at radius 2 is 1.74 bits per heavy atom. The van der Waals surface area contributed by atoms with Crippen LogP contribution in [0, 0.1) is 0 Å². The highest BCUT2D eigenvalue weighted by atomic mass is 35.5. The van der Waals surface area contributed by atoms with Crippen molar-refractivity contribution >= 4 is 40.7 Å². The molecule has 1 saturated heterocycles. The van der Waals surface area contributed by atoms with E-state index in [0.29, 0.717) is 30.3 Å². The van der Waals surface area contributed by atoms with Gasteiger partial charge in [0.1, 0.15) is 24.0 Å². The van der Waals surface area contributed by atoms with E-state index < -0.39 is 23.5 Å². The number of likely N-dealkylation sites (tertiary alicyclic amines) is 1. The van der Waals surface area contributed by atoms with Gasteiger partial charge in [-0.05, 0) is 23.8 Å². The number of fused-ring (bicyclic) bond motifs is 1. The van der Waals surface area contributed by atoms with Gasteiger partial charge in [0.25, 0.3) is 11.7 Å². The SMILES string of the molecule is COCCN1C(=O)C(=O)/C(=C(/O)c2cc(Cl)c(OC)c(Cl)c2OC)C1c1ccc2c(c1)OCCO2. The van der Waals surface area contributed by atoms with Crippen molar-refractivity contribution in [3.05, 3.63) is 51.0 Å². The largest absolute Gasteiger partial charge is 0.507 e. The van der Waals surface area contributed by atoms with Crippen molar-refractivity contribution in [2.75, 3.05) is 47.7 Å². The fourth-order valence-corrected chi connectivity index (χ4v) is 4.86. The van der Waals surface area contributed by atoms with Crippen molar-refractivity contribution in [3.8, 4) is 23.0 Å². The average Bonchev–Trinajstić information content (AvgIpc) is 3.11. The molecule has 0 aromatic heterocycles. The third kappa shape index (κ3) is 4.35. The number of nitrogens with zero attached hydrogens (tertiary/aromatic N) is 1. The van der Waals surface area contributed by atoms with Crippen LogP contribution < -0.4 is 18.9 Å². The molecule has 1 fully saturated rings. The molecule has 0 bridgehead atoms. The molecule has 2 aromatic carbocycles. The molecule has 186 valence electrons. The van der Waals surface area contributed by atoms with Gasteiger partial charge in [-0.1, -0.05) is 29.3 Å². The summed E-state index contributed by atoms with van der Waals surface area (Å²) in [5, 5.41) is 11.5. The molecular formula is C24H23Cl2NO8. The Kier molecular flexibility index (Phi) is 7.30. The van der Waals surface area contributed by atoms with E-state index in [9.17, 15) is 14.7 Å². The first kappa shape index (κ1) is 25.0. The van der Waals surface area contributed by atoms with Crippen LogP contribution in [-0.2, 0) is 14.3 Å². The third-order valence-electron chi connectivity index (χ3n) is 5.75. The van der Waals surface area contributed by atoms with Crippen molar-refractivity contribution in [1.82, 2.24) is 4.90 Å². The second kappa shape index (κ2) is 10.2. The predicted molar refractivity (Wildman–Crippen MR) is 128 cm³/mol. The first-order chi connectivity index (χ1) is 16.8. The molecule has 35 heavy (non-hydrogen) atoms. The van der Waals surface area contributed by atoms with Crippen LogP contribution in [0.25, 0.3) is 5.76 Å². The van der Waals surface area contributed by atoms with Gasteiger partial charge in [0.05, 0.1) is 43.0 Å². The van der Waals surface area contributed by atoms with Crippen molar-refractivity contribution in [2.45, 2.75) is 6.04 Å². The van der Waals surface area contributed by atoms with E-state index in [1.807, 2.05) is 0 Å². The molecule has 1 atom stereocenters. The van der Waals surface area contributed by atoms with Gasteiger partial charge in [-0.15, -0.1) is 0 Å². The van der Waals surface area contributed by atoms with Gasteiger partial charge < -0.3 is 33.7 Å². The molecule has 2 aliphatic heterocycles. The second-order valence-electron chi connectivity index (χ2n) is 7.67. The molecular weight excluding hydrogens is 501 g/mol. The lowest BCUT2D eigenvalue weighted by molar-refractivity contribution is -0.140. The minimum absolute atomic E-state index is 0.00791. The summed E-state index contributed by atoms with van der Waals surface area (Å²) in [7, 11) is 4.22. The summed E-state index contributed by atoms with van der Waals surface area (Å²) in [6, 6.07) is 5.52. The maximum atomic E-state index is 13.2. The second-order valence-corrected chi connectivity index (χ2v) is 8.46. The van der Waals surface area contributed by atoms with Crippen LogP contribution in [0.4, 0.5) is 0 Å². The van der Waals surface area contributed by atoms with E-state index in [0.717, 1.165) is 0 Å². The van der Waals surface area contributed by atoms with Crippen molar-refractivity contribution < 1.29 is 38.4 Å². The first-order valence-electron chi connectivity index (χ1n) is 10.6. The topological polar surface area (TPSA) is 104 Å². The zero-order valence-corrected chi connectivity index (χ0v) is 20.7. The minimum Gasteiger partial charge on any atom is -0.507 e. The number of hydrogen-bond donors (Lipinski definition) is 1. The smallest absolute Gasteiger partial charge is 0.295 e. The highest BCUT2D eigenvalue weighted by Gasteiger charge is 2.46. The number of amides is 1. The first-order valence-corrected chi connectivity index (χ1v) is 11.4. The highest BCUT2D eigenvalue weighted by Crippen LogP contribution is 2.48. The summed E-state index contributed by atoms with van der Waals surface area (Å²) in [5.74, 6) is -0.952. The molecule has 4 rings (SSSR count). The van der Waals surface area contributed by atoms with Gasteiger partial charge in [0.2, 0.25) is 0 Å². The number of ether oxygens (including phenoxy) is 5. The van der Waals surface area contributed by atoms with Gasteiger partial charge >= 0.3 is 0 Å². The monoisotopic (exact) mass is 523 g/mol. The summed E-state index contributed by atoms with van der Waals surface area (Å²) in [4.78, 5) is 27.6. The number of ketones is 1. The zero-order chi connectivity index (χ0) is 25.3. The molecule has 2 aliphatic rings. The van der Waals surface area contributed by atoms with Crippen LogP contribution in [-0.4, -0.2) is 69.4 Å². The maximum absolute atomic E-state index is 13.2. The molecule has 0 radical (unpaired) electrons. The lowest BCUT2D eigenvalue weighted by atomic mass is 9.94. The molecule has 1 amide bonds. The van der Waals surface area contributed by atoms with E-state index in [2.05, 4.69) is 0 Å². The van der Waals surface area contributed by atoms with E-state index in [1.165, 1.54) is 32.3 Å². The number of rotatable bonds is 7. The van der Waals surface area contributed by atoms with E-state index in [1.54, 1.807) is 18.2 Å². The lowest BCUT2D eigenvalue weighted by Crippen LogP contribution is -2.32. The van der Waals surface area contributed by atoms with Crippen molar-refractivity contribution in [3.63, 3.8) is 0 Å². The summed E-state index contributed by atoms with van der Waals surface area (Å²) in [6.45, 7) is 1.06. The van der Waals surface area contributed by atoms with Gasteiger partial charge in [-0.25, -0.2) is 0 Å². The Morgan fingerprint density at radius 1 is 1.06 bits per heavy atom. The fraction of sp³-hybridized carbons (Fsp3) is 0.333. The van der Waals surface area contributed by atoms with Crippen LogP contribution in [0.5, 0.6) is 23.0 Å². The van der Waals surface area contributed by atoms with Gasteiger partial charge in [-0.2, -0.15) is 0 Å². The normalized spacial score (nSPS) is 18.7. The maximum Gasteiger partial charge on any atom is 0.295 e. The summed E-state index contributed by atoms with van der Waals surface area (Å²) in [6.07, 6.45) is 0. The number of carbonyl (C=O) groups excluding carboxylic acids is 2. The highest BCUT2D eigenvalue weighted by molar-refractivity contribution is 6.47. The molecule has 0 saturated carbocycles. The van der Waals surface area contributed by atoms with E-state index >= 15 is 0 Å². The Balaban J connectivity index is 1.93. The fourth-order valence-electron chi connectivity index (χ4n) is 4.17. The van der Waals surface area contributed by atoms with Crippen molar-refractivity contribution in [1.29, 1.82) is 0 Å². The molecule has 1 unspecified atom stereocenters. The molecule has 2 heterocycles. The Morgan fingerprint density at radius 3 is 2.40 bits per heavy atom. The van der Waals surface area contributed by atoms with Crippen LogP contribution in [0.1, 0.15) is 17.2 Å². The number of aliphatic hydroxyl groups excluding tert-OH is 1. The third-order valence-corrected chi connectivity index (χ3v) is 6.38. The number of carbonyl (C=O) groups is 2. The van der Waals surface area contributed by atoms with E-state index in [4.69, 9.17) is 46.9 Å². The van der Waals surface area contributed by atoms with Crippen LogP contribution in [0.2, 0.25) is 10.0 Å². The average molecular weight is 524 g/mol. The lowest BCUT2D eigenvalue weighted by Gasteiger charge is -2.27.